The zero-order valence-electron chi connectivity index (χ0n) is 24.6. The average Bonchev–Trinajstić information content (AvgIpc) is 3.52. The SMILES string of the molecule is COc1ccc(CN(C(=O)CN(c2ccc(C)cc2)S(=O)(=O)c2ccc(SC)cc2)C(C)C(=O)NC2CCCC2)cc1. The first kappa shape index (κ1) is 31.4. The Morgan fingerprint density at radius 2 is 1.60 bits per heavy atom. The van der Waals surface area contributed by atoms with E-state index in [2.05, 4.69) is 5.32 Å². The van der Waals surface area contributed by atoms with Crippen LogP contribution < -0.4 is 14.4 Å². The van der Waals surface area contributed by atoms with E-state index < -0.39 is 28.5 Å². The van der Waals surface area contributed by atoms with Crippen LogP contribution in [0, 0.1) is 6.92 Å². The highest BCUT2D eigenvalue weighted by Crippen LogP contribution is 2.27. The number of thioether (sulfide) groups is 1. The lowest BCUT2D eigenvalue weighted by Gasteiger charge is -2.32. The lowest BCUT2D eigenvalue weighted by atomic mass is 10.1. The number of nitrogens with zero attached hydrogens (tertiary/aromatic N) is 2. The Labute approximate surface area is 253 Å². The summed E-state index contributed by atoms with van der Waals surface area (Å²) >= 11 is 1.51. The van der Waals surface area contributed by atoms with Gasteiger partial charge in [-0.1, -0.05) is 42.7 Å². The first-order valence-electron chi connectivity index (χ1n) is 14.1. The summed E-state index contributed by atoms with van der Waals surface area (Å²) in [7, 11) is -2.53. The van der Waals surface area contributed by atoms with E-state index in [0.717, 1.165) is 46.0 Å². The molecule has 1 aliphatic carbocycles. The topological polar surface area (TPSA) is 96.0 Å². The van der Waals surface area contributed by atoms with Crippen molar-refractivity contribution in [2.24, 2.45) is 0 Å². The molecule has 0 aliphatic heterocycles. The molecule has 0 saturated heterocycles. The fourth-order valence-electron chi connectivity index (χ4n) is 5.02. The predicted molar refractivity (Wildman–Crippen MR) is 167 cm³/mol. The minimum absolute atomic E-state index is 0.0856. The van der Waals surface area contributed by atoms with Crippen LogP contribution in [0.2, 0.25) is 0 Å². The maximum atomic E-state index is 14.1. The molecular formula is C32H39N3O5S2. The van der Waals surface area contributed by atoms with Crippen LogP contribution >= 0.6 is 11.8 Å². The monoisotopic (exact) mass is 609 g/mol. The van der Waals surface area contributed by atoms with Gasteiger partial charge in [0, 0.05) is 17.5 Å². The Morgan fingerprint density at radius 3 is 2.17 bits per heavy atom. The van der Waals surface area contributed by atoms with Crippen LogP contribution in [0.25, 0.3) is 0 Å². The number of methoxy groups -OCH3 is 1. The number of ether oxygens (including phenoxy) is 1. The molecule has 1 aliphatic rings. The molecule has 8 nitrogen and oxygen atoms in total. The van der Waals surface area contributed by atoms with E-state index >= 15 is 0 Å². The summed E-state index contributed by atoms with van der Waals surface area (Å²) in [5.74, 6) is -0.0567. The number of sulfonamides is 1. The van der Waals surface area contributed by atoms with Gasteiger partial charge in [-0.15, -0.1) is 11.8 Å². The second-order valence-electron chi connectivity index (χ2n) is 10.6. The Kier molecular flexibility index (Phi) is 10.6. The number of amides is 2. The van der Waals surface area contributed by atoms with Gasteiger partial charge < -0.3 is 15.0 Å². The smallest absolute Gasteiger partial charge is 0.264 e. The molecule has 3 aromatic carbocycles. The van der Waals surface area contributed by atoms with Gasteiger partial charge in [0.2, 0.25) is 11.8 Å². The van der Waals surface area contributed by atoms with Crippen molar-refractivity contribution in [2.45, 2.75) is 68.0 Å². The minimum atomic E-state index is -4.11. The molecule has 10 heteroatoms. The summed E-state index contributed by atoms with van der Waals surface area (Å²) in [4.78, 5) is 29.9. The van der Waals surface area contributed by atoms with Crippen LogP contribution in [-0.4, -0.2) is 57.1 Å². The molecule has 0 radical (unpaired) electrons. The highest BCUT2D eigenvalue weighted by Gasteiger charge is 2.33. The number of nitrogens with one attached hydrogen (secondary N) is 1. The van der Waals surface area contributed by atoms with Crippen molar-refractivity contribution in [3.63, 3.8) is 0 Å². The highest BCUT2D eigenvalue weighted by molar-refractivity contribution is 7.98. The van der Waals surface area contributed by atoms with E-state index in [0.29, 0.717) is 11.4 Å². The summed E-state index contributed by atoms with van der Waals surface area (Å²) in [5.41, 5.74) is 2.13. The van der Waals surface area contributed by atoms with Crippen LogP contribution in [0.15, 0.2) is 82.6 Å². The van der Waals surface area contributed by atoms with Crippen LogP contribution in [0.4, 0.5) is 5.69 Å². The number of carbonyl (C=O) groups excluding carboxylic acids is 2. The van der Waals surface area contributed by atoms with Crippen molar-refractivity contribution in [3.8, 4) is 5.75 Å². The van der Waals surface area contributed by atoms with Gasteiger partial charge in [-0.25, -0.2) is 8.42 Å². The van der Waals surface area contributed by atoms with Crippen molar-refractivity contribution in [1.82, 2.24) is 10.2 Å². The molecular weight excluding hydrogens is 571 g/mol. The molecule has 3 aromatic rings. The predicted octanol–water partition coefficient (Wildman–Crippen LogP) is 5.40. The van der Waals surface area contributed by atoms with E-state index in [4.69, 9.17) is 4.74 Å². The van der Waals surface area contributed by atoms with E-state index in [9.17, 15) is 18.0 Å². The standard InChI is InChI=1S/C32H39N3O5S2/c1-23-9-13-27(14-10-23)35(42(38,39)30-19-17-29(41-4)18-20-30)22-31(36)34(21-25-11-15-28(40-3)16-12-25)24(2)32(37)33-26-7-5-6-8-26/h9-20,24,26H,5-8,21-22H2,1-4H3,(H,33,37). The second kappa shape index (κ2) is 14.1. The normalized spacial score (nSPS) is 14.3. The van der Waals surface area contributed by atoms with Gasteiger partial charge in [-0.3, -0.25) is 13.9 Å². The fraction of sp³-hybridized carbons (Fsp3) is 0.375. The third kappa shape index (κ3) is 7.66. The lowest BCUT2D eigenvalue weighted by Crippen LogP contribution is -2.52. The van der Waals surface area contributed by atoms with Crippen molar-refractivity contribution in [3.05, 3.63) is 83.9 Å². The number of hydrogen-bond acceptors (Lipinski definition) is 6. The molecule has 42 heavy (non-hydrogen) atoms. The maximum absolute atomic E-state index is 14.1. The van der Waals surface area contributed by atoms with Gasteiger partial charge in [0.25, 0.3) is 10.0 Å². The zero-order valence-corrected chi connectivity index (χ0v) is 26.2. The highest BCUT2D eigenvalue weighted by atomic mass is 32.2. The first-order chi connectivity index (χ1) is 20.1. The second-order valence-corrected chi connectivity index (χ2v) is 13.3. The lowest BCUT2D eigenvalue weighted by molar-refractivity contribution is -0.139. The van der Waals surface area contributed by atoms with Gasteiger partial charge in [0.05, 0.1) is 17.7 Å². The Morgan fingerprint density at radius 1 is 0.976 bits per heavy atom. The van der Waals surface area contributed by atoms with Gasteiger partial charge in [-0.2, -0.15) is 0 Å². The van der Waals surface area contributed by atoms with Crippen molar-refractivity contribution >= 4 is 39.3 Å². The summed E-state index contributed by atoms with van der Waals surface area (Å²) in [6.45, 7) is 3.27. The first-order valence-corrected chi connectivity index (χ1v) is 16.7. The van der Waals surface area contributed by atoms with Gasteiger partial charge in [-0.05, 0) is 87.0 Å². The maximum Gasteiger partial charge on any atom is 0.264 e. The molecule has 1 N–H and O–H groups in total. The number of anilines is 1. The van der Waals surface area contributed by atoms with Crippen LogP contribution in [0.3, 0.4) is 0 Å². The summed E-state index contributed by atoms with van der Waals surface area (Å²) < 4.78 is 34.4. The van der Waals surface area contributed by atoms with E-state index in [1.54, 1.807) is 62.6 Å². The zero-order chi connectivity index (χ0) is 30.3. The summed E-state index contributed by atoms with van der Waals surface area (Å²) in [6, 6.07) is 20.2. The molecule has 2 amide bonds. The molecule has 224 valence electrons. The van der Waals surface area contributed by atoms with Crippen LogP contribution in [0.1, 0.15) is 43.7 Å². The Bertz CT molecular complexity index is 1450. The van der Waals surface area contributed by atoms with Gasteiger partial charge >= 0.3 is 0 Å². The van der Waals surface area contributed by atoms with E-state index in [1.165, 1.54) is 16.7 Å². The average molecular weight is 610 g/mol. The third-order valence-corrected chi connectivity index (χ3v) is 10.2. The van der Waals surface area contributed by atoms with Crippen molar-refractivity contribution in [1.29, 1.82) is 0 Å². The van der Waals surface area contributed by atoms with Crippen molar-refractivity contribution < 1.29 is 22.7 Å². The molecule has 1 saturated carbocycles. The van der Waals surface area contributed by atoms with Crippen LogP contribution in [-0.2, 0) is 26.2 Å². The molecule has 0 aromatic heterocycles. The van der Waals surface area contributed by atoms with Crippen LogP contribution in [0.5, 0.6) is 5.75 Å². The summed E-state index contributed by atoms with van der Waals surface area (Å²) in [5, 5.41) is 3.09. The molecule has 1 fully saturated rings. The van der Waals surface area contributed by atoms with Gasteiger partial charge in [0.1, 0.15) is 18.3 Å². The van der Waals surface area contributed by atoms with E-state index in [1.807, 2.05) is 37.4 Å². The molecule has 4 rings (SSSR count). The molecule has 0 spiro atoms. The van der Waals surface area contributed by atoms with E-state index in [-0.39, 0.29) is 23.4 Å². The number of benzene rings is 3. The molecule has 0 heterocycles. The summed E-state index contributed by atoms with van der Waals surface area (Å²) in [6.07, 6.45) is 5.88. The quantitative estimate of drug-likeness (QED) is 0.277. The number of hydrogen-bond donors (Lipinski definition) is 1. The molecule has 1 atom stereocenters. The van der Waals surface area contributed by atoms with Gasteiger partial charge in [0.15, 0.2) is 0 Å². The van der Waals surface area contributed by atoms with Crippen molar-refractivity contribution in [2.75, 3.05) is 24.2 Å². The number of aryl methyl sites for hydroxylation is 1. The largest absolute Gasteiger partial charge is 0.497 e. The minimum Gasteiger partial charge on any atom is -0.497 e. The molecule has 0 bridgehead atoms. The third-order valence-electron chi connectivity index (χ3n) is 7.63. The fourth-order valence-corrected chi connectivity index (χ4v) is 6.84. The Hall–Kier alpha value is -3.50. The Balaban J connectivity index is 1.67. The molecule has 1 unspecified atom stereocenters. The number of carbonyl (C=O) groups is 2. The number of rotatable bonds is 12.